The van der Waals surface area contributed by atoms with Crippen molar-refractivity contribution in [1.29, 1.82) is 0 Å². The summed E-state index contributed by atoms with van der Waals surface area (Å²) in [5, 5.41) is 8.99. The summed E-state index contributed by atoms with van der Waals surface area (Å²) in [6.45, 7) is 4.28. The molecule has 8 nitrogen and oxygen atoms in total. The zero-order valence-electron chi connectivity index (χ0n) is 19.9. The van der Waals surface area contributed by atoms with E-state index in [4.69, 9.17) is 11.5 Å². The van der Waals surface area contributed by atoms with Crippen LogP contribution >= 0.6 is 0 Å². The minimum absolute atomic E-state index is 0.302. The van der Waals surface area contributed by atoms with Gasteiger partial charge in [-0.3, -0.25) is 9.98 Å². The van der Waals surface area contributed by atoms with Crippen LogP contribution in [0.4, 0.5) is 0 Å². The fraction of sp³-hybridized carbons (Fsp3) is 0.360. The number of nitrogens with two attached hydrogens (primary N) is 2. The number of guanidine groups is 2. The summed E-state index contributed by atoms with van der Waals surface area (Å²) in [7, 11) is 3.27. The number of hydrogen-bond donors (Lipinski definition) is 4. The lowest BCUT2D eigenvalue weighted by Crippen LogP contribution is -2.28. The Hall–Kier alpha value is -3.68. The van der Waals surface area contributed by atoms with Gasteiger partial charge in [-0.2, -0.15) is 10.2 Å². The summed E-state index contributed by atoms with van der Waals surface area (Å²) in [6, 6.07) is 13.1. The molecular formula is C25H34N8. The van der Waals surface area contributed by atoms with Crippen molar-refractivity contribution in [2.75, 3.05) is 14.1 Å². The van der Waals surface area contributed by atoms with Crippen molar-refractivity contribution in [1.82, 2.24) is 10.9 Å². The Bertz CT molecular complexity index is 1020. The number of rotatable bonds is 8. The van der Waals surface area contributed by atoms with E-state index in [0.29, 0.717) is 11.9 Å². The fourth-order valence-electron chi connectivity index (χ4n) is 3.92. The highest BCUT2D eigenvalue weighted by atomic mass is 15.4. The van der Waals surface area contributed by atoms with Gasteiger partial charge in [-0.1, -0.05) is 51.0 Å². The van der Waals surface area contributed by atoms with Crippen LogP contribution in [0.25, 0.3) is 11.1 Å². The number of fused-ring (bicyclic) bond motifs is 3. The molecule has 0 aromatic heterocycles. The third-order valence-electron chi connectivity index (χ3n) is 5.61. The summed E-state index contributed by atoms with van der Waals surface area (Å²) >= 11 is 0. The molecule has 6 N–H and O–H groups in total. The molecule has 0 unspecified atom stereocenters. The van der Waals surface area contributed by atoms with Gasteiger partial charge in [-0.25, -0.2) is 10.9 Å². The highest BCUT2D eigenvalue weighted by Crippen LogP contribution is 2.38. The normalized spacial score (nSPS) is 14.2. The van der Waals surface area contributed by atoms with Gasteiger partial charge in [0.1, 0.15) is 0 Å². The Morgan fingerprint density at radius 3 is 1.55 bits per heavy atom. The molecule has 0 fully saturated rings. The topological polar surface area (TPSA) is 126 Å². The van der Waals surface area contributed by atoms with E-state index < -0.39 is 0 Å². The summed E-state index contributed by atoms with van der Waals surface area (Å²) in [5.41, 5.74) is 26.5. The molecule has 1 aliphatic rings. The lowest BCUT2D eigenvalue weighted by Gasteiger charge is -2.10. The van der Waals surface area contributed by atoms with Gasteiger partial charge in [0.05, 0.1) is 11.4 Å². The van der Waals surface area contributed by atoms with Crippen LogP contribution in [0.2, 0.25) is 0 Å². The van der Waals surface area contributed by atoms with Crippen LogP contribution in [0.5, 0.6) is 0 Å². The van der Waals surface area contributed by atoms with Gasteiger partial charge >= 0.3 is 0 Å². The van der Waals surface area contributed by atoms with Crippen molar-refractivity contribution < 1.29 is 0 Å². The maximum Gasteiger partial charge on any atom is 0.209 e. The first-order valence-electron chi connectivity index (χ1n) is 11.4. The predicted octanol–water partition coefficient (Wildman–Crippen LogP) is 3.33. The molecule has 0 heterocycles. The number of hydrazone groups is 2. The summed E-state index contributed by atoms with van der Waals surface area (Å²) in [4.78, 5) is 7.82. The Morgan fingerprint density at radius 2 is 1.18 bits per heavy atom. The molecule has 0 bridgehead atoms. The van der Waals surface area contributed by atoms with Gasteiger partial charge in [0, 0.05) is 14.1 Å². The third-order valence-corrected chi connectivity index (χ3v) is 5.61. The van der Waals surface area contributed by atoms with E-state index in [2.05, 4.69) is 81.3 Å². The molecule has 0 spiro atoms. The first kappa shape index (κ1) is 24.0. The van der Waals surface area contributed by atoms with Crippen LogP contribution in [-0.2, 0) is 6.42 Å². The second kappa shape index (κ2) is 11.3. The monoisotopic (exact) mass is 446 g/mol. The average molecular weight is 447 g/mol. The second-order valence-electron chi connectivity index (χ2n) is 7.98. The molecule has 0 aliphatic heterocycles. The number of nitrogens with zero attached hydrogens (tertiary/aromatic N) is 4. The molecule has 3 rings (SSSR count). The van der Waals surface area contributed by atoms with Crippen molar-refractivity contribution in [2.45, 2.75) is 46.0 Å². The minimum Gasteiger partial charge on any atom is -0.369 e. The Morgan fingerprint density at radius 1 is 0.758 bits per heavy atom. The van der Waals surface area contributed by atoms with Crippen LogP contribution in [0.3, 0.4) is 0 Å². The summed E-state index contributed by atoms with van der Waals surface area (Å²) in [6.07, 6.45) is 4.57. The van der Waals surface area contributed by atoms with Crippen LogP contribution in [0, 0.1) is 0 Å². The van der Waals surface area contributed by atoms with Gasteiger partial charge < -0.3 is 11.5 Å². The minimum atomic E-state index is 0.302. The third kappa shape index (κ3) is 5.77. The maximum absolute atomic E-state index is 5.75. The molecule has 1 aliphatic carbocycles. The van der Waals surface area contributed by atoms with E-state index in [1.165, 1.54) is 22.3 Å². The highest BCUT2D eigenvalue weighted by Gasteiger charge is 2.20. The number of nitrogens with one attached hydrogen (secondary N) is 2. The number of hydrogen-bond acceptors (Lipinski definition) is 4. The van der Waals surface area contributed by atoms with Gasteiger partial charge in [0.15, 0.2) is 0 Å². The lowest BCUT2D eigenvalue weighted by molar-refractivity contribution is 0.940. The number of benzene rings is 2. The van der Waals surface area contributed by atoms with Gasteiger partial charge in [-0.05, 0) is 64.8 Å². The predicted molar refractivity (Wildman–Crippen MR) is 139 cm³/mol. The zero-order chi connectivity index (χ0) is 23.8. The smallest absolute Gasteiger partial charge is 0.209 e. The molecule has 0 saturated carbocycles. The Kier molecular flexibility index (Phi) is 8.18. The van der Waals surface area contributed by atoms with E-state index >= 15 is 0 Å². The fourth-order valence-corrected chi connectivity index (χ4v) is 3.92. The molecule has 174 valence electrons. The van der Waals surface area contributed by atoms with E-state index in [0.717, 1.165) is 54.7 Å². The summed E-state index contributed by atoms with van der Waals surface area (Å²) < 4.78 is 0. The molecular weight excluding hydrogens is 412 g/mol. The van der Waals surface area contributed by atoms with E-state index in [9.17, 15) is 0 Å². The van der Waals surface area contributed by atoms with E-state index in [-0.39, 0.29) is 0 Å². The van der Waals surface area contributed by atoms with Crippen LogP contribution in [-0.4, -0.2) is 37.4 Å². The van der Waals surface area contributed by atoms with E-state index in [1.807, 2.05) is 0 Å². The highest BCUT2D eigenvalue weighted by molar-refractivity contribution is 6.03. The van der Waals surface area contributed by atoms with Gasteiger partial charge in [0.2, 0.25) is 11.9 Å². The molecule has 33 heavy (non-hydrogen) atoms. The molecule has 0 amide bonds. The SMILES string of the molecule is CCCC(=NNC(N)=NC)c1ccc2c(c1)Cc1cc(C(CCC)=NNC(N)=NC)ccc1-2. The van der Waals surface area contributed by atoms with Gasteiger partial charge in [-0.15, -0.1) is 0 Å². The summed E-state index contributed by atoms with van der Waals surface area (Å²) in [5.74, 6) is 0.603. The Balaban J connectivity index is 1.90. The molecule has 0 radical (unpaired) electrons. The molecule has 0 saturated heterocycles. The Labute approximate surface area is 196 Å². The van der Waals surface area contributed by atoms with Crippen LogP contribution < -0.4 is 22.3 Å². The van der Waals surface area contributed by atoms with Gasteiger partial charge in [0.25, 0.3) is 0 Å². The van der Waals surface area contributed by atoms with Crippen molar-refractivity contribution in [3.05, 3.63) is 58.7 Å². The zero-order valence-corrected chi connectivity index (χ0v) is 19.9. The first-order chi connectivity index (χ1) is 16.0. The molecule has 2 aromatic rings. The molecule has 8 heteroatoms. The standard InChI is InChI=1S/C25H34N8/c1-5-7-22(30-32-24(26)28-3)16-9-11-20-18(13-16)15-19-14-17(10-12-21(19)20)23(8-6-2)31-33-25(27)29-4/h9-14H,5-8,15H2,1-4H3,(H3,26,28,32)(H3,27,29,33). The molecule has 2 aromatic carbocycles. The average Bonchev–Trinajstić information content (AvgIpc) is 3.20. The van der Waals surface area contributed by atoms with Crippen molar-refractivity contribution in [3.8, 4) is 11.1 Å². The second-order valence-corrected chi connectivity index (χ2v) is 7.98. The number of aliphatic imine (C=N–C) groups is 2. The van der Waals surface area contributed by atoms with E-state index in [1.54, 1.807) is 14.1 Å². The van der Waals surface area contributed by atoms with Crippen LogP contribution in [0.1, 0.15) is 61.8 Å². The molecule has 0 atom stereocenters. The maximum atomic E-state index is 5.75. The van der Waals surface area contributed by atoms with Crippen molar-refractivity contribution >= 4 is 23.3 Å². The first-order valence-corrected chi connectivity index (χ1v) is 11.4. The largest absolute Gasteiger partial charge is 0.369 e. The lowest BCUT2D eigenvalue weighted by atomic mass is 9.98. The van der Waals surface area contributed by atoms with Crippen molar-refractivity contribution in [3.63, 3.8) is 0 Å². The quantitative estimate of drug-likeness (QED) is 0.240. The van der Waals surface area contributed by atoms with Crippen molar-refractivity contribution in [2.24, 2.45) is 31.7 Å². The van der Waals surface area contributed by atoms with Crippen LogP contribution in [0.15, 0.2) is 56.6 Å².